The monoisotopic (exact) mass is 374 g/mol. The van der Waals surface area contributed by atoms with Crippen molar-refractivity contribution >= 4 is 34.5 Å². The van der Waals surface area contributed by atoms with Crippen molar-refractivity contribution in [3.8, 4) is 11.5 Å². The first-order valence-electron chi connectivity index (χ1n) is 8.60. The number of amides is 1. The maximum Gasteiger partial charge on any atom is 0.228 e. The Morgan fingerprint density at radius 2 is 1.74 bits per heavy atom. The number of carbonyl (C=O) groups excluding carboxylic acids is 1. The Morgan fingerprint density at radius 3 is 2.44 bits per heavy atom. The van der Waals surface area contributed by atoms with Gasteiger partial charge in [0.1, 0.15) is 5.52 Å². The average Bonchev–Trinajstić information content (AvgIpc) is 3.13. The van der Waals surface area contributed by atoms with Crippen molar-refractivity contribution in [3.05, 3.63) is 78.4 Å². The van der Waals surface area contributed by atoms with Crippen LogP contribution in [0.5, 0.6) is 0 Å². The molecule has 3 aromatic carbocycles. The number of hydrogen-bond acceptors (Lipinski definition) is 4. The van der Waals surface area contributed by atoms with Gasteiger partial charge in [-0.15, -0.1) is 11.8 Å². The number of carbonyl (C=O) groups is 1. The van der Waals surface area contributed by atoms with Gasteiger partial charge in [-0.1, -0.05) is 24.3 Å². The summed E-state index contributed by atoms with van der Waals surface area (Å²) < 4.78 is 5.77. The molecule has 0 unspecified atom stereocenters. The highest BCUT2D eigenvalue weighted by Crippen LogP contribution is 2.25. The molecule has 0 saturated carbocycles. The van der Waals surface area contributed by atoms with E-state index in [1.807, 2.05) is 79.1 Å². The van der Waals surface area contributed by atoms with Crippen molar-refractivity contribution in [1.82, 2.24) is 4.98 Å². The first kappa shape index (κ1) is 17.4. The number of aromatic nitrogens is 1. The first-order chi connectivity index (χ1) is 13.2. The van der Waals surface area contributed by atoms with Gasteiger partial charge in [0.05, 0.1) is 6.42 Å². The van der Waals surface area contributed by atoms with Gasteiger partial charge in [-0.05, 0) is 60.4 Å². The zero-order valence-electron chi connectivity index (χ0n) is 14.8. The zero-order valence-corrected chi connectivity index (χ0v) is 15.6. The summed E-state index contributed by atoms with van der Waals surface area (Å²) >= 11 is 1.69. The third-order valence-corrected chi connectivity index (χ3v) is 4.98. The van der Waals surface area contributed by atoms with Crippen LogP contribution in [0.2, 0.25) is 0 Å². The van der Waals surface area contributed by atoms with Crippen molar-refractivity contribution in [2.45, 2.75) is 11.3 Å². The number of para-hydroxylation sites is 2. The van der Waals surface area contributed by atoms with Crippen LogP contribution in [0.1, 0.15) is 5.56 Å². The maximum absolute atomic E-state index is 12.3. The van der Waals surface area contributed by atoms with Crippen LogP contribution in [0.25, 0.3) is 22.6 Å². The maximum atomic E-state index is 12.3. The molecular weight excluding hydrogens is 356 g/mol. The summed E-state index contributed by atoms with van der Waals surface area (Å²) in [6.07, 6.45) is 2.38. The molecule has 5 heteroatoms. The first-order valence-corrected chi connectivity index (χ1v) is 9.82. The summed E-state index contributed by atoms with van der Waals surface area (Å²) in [7, 11) is 0. The van der Waals surface area contributed by atoms with E-state index in [-0.39, 0.29) is 5.91 Å². The molecule has 0 aliphatic heterocycles. The minimum Gasteiger partial charge on any atom is -0.436 e. The van der Waals surface area contributed by atoms with Crippen LogP contribution >= 0.6 is 11.8 Å². The molecule has 0 aliphatic rings. The van der Waals surface area contributed by atoms with E-state index in [9.17, 15) is 4.79 Å². The van der Waals surface area contributed by atoms with Gasteiger partial charge in [-0.25, -0.2) is 4.98 Å². The van der Waals surface area contributed by atoms with E-state index < -0.39 is 0 Å². The smallest absolute Gasteiger partial charge is 0.228 e. The average molecular weight is 374 g/mol. The molecule has 134 valence electrons. The number of oxazole rings is 1. The number of hydrogen-bond donors (Lipinski definition) is 1. The van der Waals surface area contributed by atoms with Crippen LogP contribution in [-0.4, -0.2) is 17.1 Å². The highest BCUT2D eigenvalue weighted by Gasteiger charge is 2.09. The van der Waals surface area contributed by atoms with Crippen molar-refractivity contribution in [1.29, 1.82) is 0 Å². The molecule has 0 fully saturated rings. The number of benzene rings is 3. The molecule has 0 aliphatic carbocycles. The SMILES string of the molecule is CSc1ccc(CC(=O)Nc2ccc(-c3nc4ccccc4o3)cc2)cc1. The molecule has 27 heavy (non-hydrogen) atoms. The molecule has 1 heterocycles. The summed E-state index contributed by atoms with van der Waals surface area (Å²) in [5, 5.41) is 2.93. The highest BCUT2D eigenvalue weighted by molar-refractivity contribution is 7.98. The summed E-state index contributed by atoms with van der Waals surface area (Å²) in [6, 6.07) is 23.2. The number of anilines is 1. The second kappa shape index (κ2) is 7.68. The Bertz CT molecular complexity index is 1040. The number of nitrogens with one attached hydrogen (secondary N) is 1. The number of thioether (sulfide) groups is 1. The third kappa shape index (κ3) is 4.04. The highest BCUT2D eigenvalue weighted by atomic mass is 32.2. The molecule has 1 aromatic heterocycles. The molecule has 4 aromatic rings. The van der Waals surface area contributed by atoms with Gasteiger partial charge in [0.25, 0.3) is 0 Å². The fraction of sp³-hybridized carbons (Fsp3) is 0.0909. The topological polar surface area (TPSA) is 55.1 Å². The summed E-state index contributed by atoms with van der Waals surface area (Å²) in [4.78, 5) is 17.9. The lowest BCUT2D eigenvalue weighted by molar-refractivity contribution is -0.115. The molecule has 1 amide bonds. The van der Waals surface area contributed by atoms with E-state index >= 15 is 0 Å². The lowest BCUT2D eigenvalue weighted by Crippen LogP contribution is -2.14. The van der Waals surface area contributed by atoms with Crippen LogP contribution in [-0.2, 0) is 11.2 Å². The Morgan fingerprint density at radius 1 is 1.00 bits per heavy atom. The molecule has 4 nitrogen and oxygen atoms in total. The Kier molecular flexibility index (Phi) is 4.94. The molecule has 0 spiro atoms. The summed E-state index contributed by atoms with van der Waals surface area (Å²) in [5.41, 5.74) is 4.21. The fourth-order valence-electron chi connectivity index (χ4n) is 2.83. The largest absolute Gasteiger partial charge is 0.436 e. The van der Waals surface area contributed by atoms with Crippen molar-refractivity contribution in [2.24, 2.45) is 0 Å². The van der Waals surface area contributed by atoms with Gasteiger partial charge in [0.15, 0.2) is 5.58 Å². The lowest BCUT2D eigenvalue weighted by atomic mass is 10.1. The molecular formula is C22H18N2O2S. The molecule has 0 bridgehead atoms. The molecule has 1 N–H and O–H groups in total. The zero-order chi connectivity index (χ0) is 18.6. The quantitative estimate of drug-likeness (QED) is 0.475. The lowest BCUT2D eigenvalue weighted by Gasteiger charge is -2.06. The predicted octanol–water partition coefficient (Wildman–Crippen LogP) is 5.40. The van der Waals surface area contributed by atoms with Crippen molar-refractivity contribution < 1.29 is 9.21 Å². The van der Waals surface area contributed by atoms with E-state index in [2.05, 4.69) is 10.3 Å². The summed E-state index contributed by atoms with van der Waals surface area (Å²) in [5.74, 6) is 0.532. The van der Waals surface area contributed by atoms with E-state index in [0.29, 0.717) is 12.3 Å². The fourth-order valence-corrected chi connectivity index (χ4v) is 3.23. The molecule has 0 radical (unpaired) electrons. The van der Waals surface area contributed by atoms with Crippen LogP contribution in [0.15, 0.2) is 82.1 Å². The van der Waals surface area contributed by atoms with E-state index in [1.54, 1.807) is 11.8 Å². The predicted molar refractivity (Wildman–Crippen MR) is 110 cm³/mol. The summed E-state index contributed by atoms with van der Waals surface area (Å²) in [6.45, 7) is 0. The molecule has 0 saturated heterocycles. The Hall–Kier alpha value is -3.05. The minimum absolute atomic E-state index is 0.0403. The van der Waals surface area contributed by atoms with Gasteiger partial charge in [-0.3, -0.25) is 4.79 Å². The van der Waals surface area contributed by atoms with Gasteiger partial charge in [0, 0.05) is 16.1 Å². The van der Waals surface area contributed by atoms with E-state index in [4.69, 9.17) is 4.42 Å². The number of fused-ring (bicyclic) bond motifs is 1. The number of rotatable bonds is 5. The van der Waals surface area contributed by atoms with Crippen molar-refractivity contribution in [2.75, 3.05) is 11.6 Å². The van der Waals surface area contributed by atoms with E-state index in [1.165, 1.54) is 4.90 Å². The van der Waals surface area contributed by atoms with Gasteiger partial charge in [0.2, 0.25) is 11.8 Å². The second-order valence-corrected chi connectivity index (χ2v) is 7.02. The van der Waals surface area contributed by atoms with E-state index in [0.717, 1.165) is 27.9 Å². The van der Waals surface area contributed by atoms with Crippen molar-refractivity contribution in [3.63, 3.8) is 0 Å². The van der Waals surface area contributed by atoms with Gasteiger partial charge < -0.3 is 9.73 Å². The Labute approximate surface area is 161 Å². The van der Waals surface area contributed by atoms with Crippen LogP contribution in [0.3, 0.4) is 0 Å². The molecule has 0 atom stereocenters. The van der Waals surface area contributed by atoms with Gasteiger partial charge in [-0.2, -0.15) is 0 Å². The second-order valence-electron chi connectivity index (χ2n) is 6.14. The van der Waals surface area contributed by atoms with Crippen LogP contribution in [0, 0.1) is 0 Å². The Balaban J connectivity index is 1.43. The third-order valence-electron chi connectivity index (χ3n) is 4.23. The minimum atomic E-state index is -0.0403. The standard InChI is InChI=1S/C22H18N2O2S/c1-27-18-12-6-15(7-13-18)14-21(25)23-17-10-8-16(9-11-17)22-24-19-4-2-3-5-20(19)26-22/h2-13H,14H2,1H3,(H,23,25). The normalized spacial score (nSPS) is 10.9. The van der Waals surface area contributed by atoms with Crippen LogP contribution < -0.4 is 5.32 Å². The molecule has 4 rings (SSSR count). The number of nitrogens with zero attached hydrogens (tertiary/aromatic N) is 1. The van der Waals surface area contributed by atoms with Gasteiger partial charge >= 0.3 is 0 Å². The van der Waals surface area contributed by atoms with Crippen LogP contribution in [0.4, 0.5) is 5.69 Å².